The van der Waals surface area contributed by atoms with Crippen LogP contribution in [0.15, 0.2) is 0 Å². The van der Waals surface area contributed by atoms with Crippen LogP contribution in [0.4, 0.5) is 0 Å². The lowest BCUT2D eigenvalue weighted by molar-refractivity contribution is 0.107. The van der Waals surface area contributed by atoms with Crippen LogP contribution in [0.3, 0.4) is 0 Å². The predicted octanol–water partition coefficient (Wildman–Crippen LogP) is -0.583. The van der Waals surface area contributed by atoms with Crippen molar-refractivity contribution in [3.63, 3.8) is 0 Å². The Kier molecular flexibility index (Phi) is 4.66. The second kappa shape index (κ2) is 5.54. The molecule has 0 aliphatic carbocycles. The van der Waals surface area contributed by atoms with Crippen molar-refractivity contribution in [1.29, 1.82) is 0 Å². The molecule has 1 rings (SSSR count). The maximum atomic E-state index is 8.69. The van der Waals surface area contributed by atoms with Crippen molar-refractivity contribution < 1.29 is 9.84 Å². The van der Waals surface area contributed by atoms with Crippen LogP contribution < -0.4 is 5.73 Å². The molecular formula is C9H20N2O2. The van der Waals surface area contributed by atoms with Gasteiger partial charge >= 0.3 is 0 Å². The highest BCUT2D eigenvalue weighted by molar-refractivity contribution is 4.78. The second-order valence-corrected chi connectivity index (χ2v) is 3.68. The van der Waals surface area contributed by atoms with Crippen LogP contribution in [-0.2, 0) is 4.74 Å². The quantitative estimate of drug-likeness (QED) is 0.606. The molecule has 13 heavy (non-hydrogen) atoms. The summed E-state index contributed by atoms with van der Waals surface area (Å²) in [6.45, 7) is 3.11. The van der Waals surface area contributed by atoms with Gasteiger partial charge in [-0.1, -0.05) is 0 Å². The van der Waals surface area contributed by atoms with E-state index in [2.05, 4.69) is 4.90 Å². The monoisotopic (exact) mass is 188 g/mol. The first-order valence-corrected chi connectivity index (χ1v) is 4.88. The summed E-state index contributed by atoms with van der Waals surface area (Å²) in [5, 5.41) is 8.69. The summed E-state index contributed by atoms with van der Waals surface area (Å²) < 4.78 is 5.25. The molecule has 1 fully saturated rings. The number of ether oxygens (including phenoxy) is 1. The third-order valence-corrected chi connectivity index (χ3v) is 2.56. The first kappa shape index (κ1) is 10.9. The van der Waals surface area contributed by atoms with Crippen molar-refractivity contribution in [3.8, 4) is 0 Å². The van der Waals surface area contributed by atoms with Gasteiger partial charge < -0.3 is 15.6 Å². The average molecular weight is 188 g/mol. The fourth-order valence-corrected chi connectivity index (χ4v) is 1.74. The third kappa shape index (κ3) is 3.60. The number of likely N-dealkylation sites (tertiary alicyclic amines) is 1. The van der Waals surface area contributed by atoms with E-state index < -0.39 is 0 Å². The van der Waals surface area contributed by atoms with Gasteiger partial charge in [-0.05, 0) is 12.8 Å². The van der Waals surface area contributed by atoms with Crippen molar-refractivity contribution in [2.24, 2.45) is 5.73 Å². The van der Waals surface area contributed by atoms with Gasteiger partial charge in [0.2, 0.25) is 0 Å². The Morgan fingerprint density at radius 1 is 1.69 bits per heavy atom. The van der Waals surface area contributed by atoms with Gasteiger partial charge in [0, 0.05) is 39.4 Å². The molecule has 78 valence electrons. The highest BCUT2D eigenvalue weighted by atomic mass is 16.5. The standard InChI is InChI=1S/C9H20N2O2/c1-13-9-2-4-11(7-9)6-8(10)3-5-12/h8-9,12H,2-7,10H2,1H3. The maximum Gasteiger partial charge on any atom is 0.0710 e. The fraction of sp³-hybridized carbons (Fsp3) is 1.00. The molecule has 4 heteroatoms. The van der Waals surface area contributed by atoms with Gasteiger partial charge in [0.15, 0.2) is 0 Å². The zero-order chi connectivity index (χ0) is 9.68. The molecule has 0 aromatic rings. The van der Waals surface area contributed by atoms with E-state index in [1.54, 1.807) is 7.11 Å². The molecule has 1 aliphatic rings. The highest BCUT2D eigenvalue weighted by Crippen LogP contribution is 2.11. The molecule has 0 aromatic heterocycles. The molecule has 1 heterocycles. The van der Waals surface area contributed by atoms with E-state index in [9.17, 15) is 0 Å². The Bertz CT molecular complexity index is 144. The molecular weight excluding hydrogens is 168 g/mol. The minimum Gasteiger partial charge on any atom is -0.396 e. The van der Waals surface area contributed by atoms with E-state index in [-0.39, 0.29) is 12.6 Å². The molecule has 0 radical (unpaired) electrons. The Morgan fingerprint density at radius 3 is 3.00 bits per heavy atom. The van der Waals surface area contributed by atoms with E-state index in [0.29, 0.717) is 12.5 Å². The van der Waals surface area contributed by atoms with Gasteiger partial charge in [-0.3, -0.25) is 4.90 Å². The van der Waals surface area contributed by atoms with E-state index in [1.165, 1.54) is 0 Å². The van der Waals surface area contributed by atoms with Gasteiger partial charge in [-0.2, -0.15) is 0 Å². The fourth-order valence-electron chi connectivity index (χ4n) is 1.74. The second-order valence-electron chi connectivity index (χ2n) is 3.68. The largest absolute Gasteiger partial charge is 0.396 e. The number of hydrogen-bond donors (Lipinski definition) is 2. The molecule has 1 saturated heterocycles. The summed E-state index contributed by atoms with van der Waals surface area (Å²) in [5.74, 6) is 0. The van der Waals surface area contributed by atoms with Crippen molar-refractivity contribution >= 4 is 0 Å². The minimum absolute atomic E-state index is 0.0978. The number of methoxy groups -OCH3 is 1. The van der Waals surface area contributed by atoms with Crippen molar-refractivity contribution in [3.05, 3.63) is 0 Å². The number of aliphatic hydroxyl groups excluding tert-OH is 1. The van der Waals surface area contributed by atoms with Crippen LogP contribution in [0.25, 0.3) is 0 Å². The smallest absolute Gasteiger partial charge is 0.0710 e. The van der Waals surface area contributed by atoms with Crippen LogP contribution >= 0.6 is 0 Å². The third-order valence-electron chi connectivity index (χ3n) is 2.56. The van der Waals surface area contributed by atoms with Crippen LogP contribution in [0.1, 0.15) is 12.8 Å². The molecule has 0 spiro atoms. The van der Waals surface area contributed by atoms with Gasteiger partial charge in [0.25, 0.3) is 0 Å². The van der Waals surface area contributed by atoms with Crippen LogP contribution in [0, 0.1) is 0 Å². The number of aliphatic hydroxyl groups is 1. The Labute approximate surface area is 79.7 Å². The van der Waals surface area contributed by atoms with Crippen molar-refractivity contribution in [1.82, 2.24) is 4.90 Å². The molecule has 2 unspecified atom stereocenters. The topological polar surface area (TPSA) is 58.7 Å². The predicted molar refractivity (Wildman–Crippen MR) is 51.5 cm³/mol. The van der Waals surface area contributed by atoms with Gasteiger partial charge in [0.05, 0.1) is 6.10 Å². The van der Waals surface area contributed by atoms with E-state index >= 15 is 0 Å². The van der Waals surface area contributed by atoms with E-state index in [0.717, 1.165) is 26.1 Å². The first-order valence-electron chi connectivity index (χ1n) is 4.88. The van der Waals surface area contributed by atoms with Crippen LogP contribution in [0.5, 0.6) is 0 Å². The summed E-state index contributed by atoms with van der Waals surface area (Å²) in [5.41, 5.74) is 5.81. The summed E-state index contributed by atoms with van der Waals surface area (Å²) in [6, 6.07) is 0.0978. The Morgan fingerprint density at radius 2 is 2.46 bits per heavy atom. The zero-order valence-corrected chi connectivity index (χ0v) is 8.28. The zero-order valence-electron chi connectivity index (χ0n) is 8.28. The van der Waals surface area contributed by atoms with Crippen molar-refractivity contribution in [2.75, 3.05) is 33.4 Å². The van der Waals surface area contributed by atoms with E-state index in [4.69, 9.17) is 15.6 Å². The van der Waals surface area contributed by atoms with E-state index in [1.807, 2.05) is 0 Å². The molecule has 1 aliphatic heterocycles. The SMILES string of the molecule is COC1CCN(CC(N)CCO)C1. The molecule has 0 aromatic carbocycles. The van der Waals surface area contributed by atoms with Gasteiger partial charge in [-0.25, -0.2) is 0 Å². The highest BCUT2D eigenvalue weighted by Gasteiger charge is 2.22. The minimum atomic E-state index is 0.0978. The molecule has 0 amide bonds. The summed E-state index contributed by atoms with van der Waals surface area (Å²) >= 11 is 0. The summed E-state index contributed by atoms with van der Waals surface area (Å²) in [4.78, 5) is 2.30. The normalized spacial score (nSPS) is 26.5. The number of hydrogen-bond acceptors (Lipinski definition) is 4. The number of rotatable bonds is 5. The lowest BCUT2D eigenvalue weighted by Gasteiger charge is -2.19. The first-order chi connectivity index (χ1) is 6.26. The average Bonchev–Trinajstić information content (AvgIpc) is 2.52. The lowest BCUT2D eigenvalue weighted by atomic mass is 10.2. The van der Waals surface area contributed by atoms with Crippen LogP contribution in [0.2, 0.25) is 0 Å². The van der Waals surface area contributed by atoms with Gasteiger partial charge in [0.1, 0.15) is 0 Å². The van der Waals surface area contributed by atoms with Gasteiger partial charge in [-0.15, -0.1) is 0 Å². The molecule has 0 bridgehead atoms. The molecule has 4 nitrogen and oxygen atoms in total. The Hall–Kier alpha value is -0.160. The van der Waals surface area contributed by atoms with Crippen LogP contribution in [-0.4, -0.2) is 55.5 Å². The number of nitrogens with zero attached hydrogens (tertiary/aromatic N) is 1. The maximum absolute atomic E-state index is 8.69. The summed E-state index contributed by atoms with van der Waals surface area (Å²) in [6.07, 6.45) is 2.16. The number of nitrogens with two attached hydrogens (primary N) is 1. The molecule has 3 N–H and O–H groups in total. The lowest BCUT2D eigenvalue weighted by Crippen LogP contribution is -2.37. The van der Waals surface area contributed by atoms with Crippen molar-refractivity contribution in [2.45, 2.75) is 25.0 Å². The summed E-state index contributed by atoms with van der Waals surface area (Å²) in [7, 11) is 1.75. The molecule has 0 saturated carbocycles. The Balaban J connectivity index is 2.16. The molecule has 2 atom stereocenters.